The second-order valence-electron chi connectivity index (χ2n) is 4.45. The first-order valence-electron chi connectivity index (χ1n) is 5.91. The number of rotatable bonds is 3. The van der Waals surface area contributed by atoms with Crippen LogP contribution < -0.4 is 5.73 Å². The van der Waals surface area contributed by atoms with Crippen molar-refractivity contribution in [2.75, 3.05) is 32.4 Å². The minimum absolute atomic E-state index is 0.0264. The number of nitrogens with zero attached hydrogens (tertiary/aromatic N) is 3. The van der Waals surface area contributed by atoms with Gasteiger partial charge in [0.2, 0.25) is 5.91 Å². The van der Waals surface area contributed by atoms with Crippen LogP contribution in [0.25, 0.3) is 0 Å². The number of nitrogens with one attached hydrogen (secondary N) is 1. The van der Waals surface area contributed by atoms with Gasteiger partial charge in [-0.25, -0.2) is 0 Å². The van der Waals surface area contributed by atoms with Crippen LogP contribution in [-0.4, -0.2) is 58.5 Å². The first-order valence-corrected chi connectivity index (χ1v) is 5.91. The summed E-state index contributed by atoms with van der Waals surface area (Å²) in [5, 5.41) is 6.23. The van der Waals surface area contributed by atoms with Crippen molar-refractivity contribution in [3.63, 3.8) is 0 Å². The summed E-state index contributed by atoms with van der Waals surface area (Å²) in [5.41, 5.74) is 6.12. The van der Waals surface area contributed by atoms with E-state index in [0.717, 1.165) is 25.9 Å². The maximum atomic E-state index is 12.0. The highest BCUT2D eigenvalue weighted by Gasteiger charge is 2.23. The van der Waals surface area contributed by atoms with E-state index >= 15 is 0 Å². The lowest BCUT2D eigenvalue weighted by Gasteiger charge is -2.21. The molecule has 0 bridgehead atoms. The van der Waals surface area contributed by atoms with Gasteiger partial charge >= 0.3 is 0 Å². The Kier molecular flexibility index (Phi) is 3.50. The Morgan fingerprint density at radius 3 is 2.72 bits per heavy atom. The van der Waals surface area contributed by atoms with E-state index in [9.17, 15) is 9.59 Å². The van der Waals surface area contributed by atoms with E-state index in [-0.39, 0.29) is 24.1 Å². The quantitative estimate of drug-likeness (QED) is 0.770. The van der Waals surface area contributed by atoms with Gasteiger partial charge in [0.1, 0.15) is 5.69 Å². The molecule has 0 aliphatic carbocycles. The Balaban J connectivity index is 1.95. The van der Waals surface area contributed by atoms with Crippen LogP contribution in [0.5, 0.6) is 0 Å². The Labute approximate surface area is 105 Å². The molecule has 98 valence electrons. The van der Waals surface area contributed by atoms with Gasteiger partial charge in [0.15, 0.2) is 0 Å². The lowest BCUT2D eigenvalue weighted by molar-refractivity contribution is -0.130. The third kappa shape index (κ3) is 2.44. The normalized spacial score (nSPS) is 14.8. The molecule has 1 aliphatic heterocycles. The van der Waals surface area contributed by atoms with Crippen LogP contribution in [0.3, 0.4) is 0 Å². The molecule has 0 atom stereocenters. The fraction of sp³-hybridized carbons (Fsp3) is 0.545. The van der Waals surface area contributed by atoms with Crippen molar-refractivity contribution in [3.05, 3.63) is 11.9 Å². The highest BCUT2D eigenvalue weighted by Crippen LogP contribution is 2.11. The average molecular weight is 251 g/mol. The molecule has 18 heavy (non-hydrogen) atoms. The molecule has 1 aromatic heterocycles. The summed E-state index contributed by atoms with van der Waals surface area (Å²) in [4.78, 5) is 27.0. The van der Waals surface area contributed by atoms with Gasteiger partial charge in [0.25, 0.3) is 5.91 Å². The van der Waals surface area contributed by atoms with E-state index in [4.69, 9.17) is 5.73 Å². The molecule has 0 unspecified atom stereocenters. The first-order chi connectivity index (χ1) is 8.59. The number of nitrogen functional groups attached to an aromatic ring is 1. The van der Waals surface area contributed by atoms with Crippen molar-refractivity contribution >= 4 is 17.5 Å². The van der Waals surface area contributed by atoms with E-state index in [1.165, 1.54) is 11.1 Å². The Morgan fingerprint density at radius 2 is 2.17 bits per heavy atom. The summed E-state index contributed by atoms with van der Waals surface area (Å²) >= 11 is 0. The summed E-state index contributed by atoms with van der Waals surface area (Å²) in [6.07, 6.45) is 3.46. The van der Waals surface area contributed by atoms with E-state index in [1.54, 1.807) is 11.9 Å². The lowest BCUT2D eigenvalue weighted by atomic mass is 10.3. The molecule has 2 heterocycles. The summed E-state index contributed by atoms with van der Waals surface area (Å²) < 4.78 is 0. The van der Waals surface area contributed by atoms with Crippen LogP contribution in [0.2, 0.25) is 0 Å². The van der Waals surface area contributed by atoms with Crippen LogP contribution in [0.15, 0.2) is 6.20 Å². The van der Waals surface area contributed by atoms with Gasteiger partial charge in [-0.15, -0.1) is 0 Å². The highest BCUT2D eigenvalue weighted by atomic mass is 16.2. The van der Waals surface area contributed by atoms with Crippen LogP contribution in [0.4, 0.5) is 5.69 Å². The molecular formula is C11H17N5O2. The maximum absolute atomic E-state index is 12.0. The number of hydrogen-bond donors (Lipinski definition) is 2. The van der Waals surface area contributed by atoms with Crippen molar-refractivity contribution in [1.82, 2.24) is 20.0 Å². The van der Waals surface area contributed by atoms with E-state index in [0.29, 0.717) is 5.69 Å². The molecule has 0 aromatic carbocycles. The molecule has 1 aromatic rings. The molecule has 7 nitrogen and oxygen atoms in total. The van der Waals surface area contributed by atoms with Crippen molar-refractivity contribution < 1.29 is 9.59 Å². The van der Waals surface area contributed by atoms with Gasteiger partial charge in [-0.3, -0.25) is 14.7 Å². The number of nitrogens with two attached hydrogens (primary N) is 1. The fourth-order valence-electron chi connectivity index (χ4n) is 2.00. The predicted molar refractivity (Wildman–Crippen MR) is 65.8 cm³/mol. The molecule has 1 aliphatic rings. The number of likely N-dealkylation sites (N-methyl/N-ethyl adjacent to an activating group) is 1. The molecule has 7 heteroatoms. The Morgan fingerprint density at radius 1 is 1.50 bits per heavy atom. The van der Waals surface area contributed by atoms with E-state index < -0.39 is 0 Å². The van der Waals surface area contributed by atoms with Crippen molar-refractivity contribution in [1.29, 1.82) is 0 Å². The second-order valence-corrected chi connectivity index (χ2v) is 4.45. The smallest absolute Gasteiger partial charge is 0.274 e. The minimum Gasteiger partial charge on any atom is -0.396 e. The highest BCUT2D eigenvalue weighted by molar-refractivity contribution is 5.98. The number of H-pyrrole nitrogens is 1. The minimum atomic E-state index is -0.322. The van der Waals surface area contributed by atoms with Crippen LogP contribution in [0.1, 0.15) is 23.3 Å². The molecular weight excluding hydrogens is 234 g/mol. The number of amides is 2. The number of aromatic nitrogens is 2. The lowest BCUT2D eigenvalue weighted by Crippen LogP contribution is -2.40. The van der Waals surface area contributed by atoms with Gasteiger partial charge in [-0.05, 0) is 12.8 Å². The largest absolute Gasteiger partial charge is 0.396 e. The number of aromatic amines is 1. The van der Waals surface area contributed by atoms with Gasteiger partial charge in [-0.2, -0.15) is 5.10 Å². The second kappa shape index (κ2) is 5.07. The molecule has 2 amide bonds. The maximum Gasteiger partial charge on any atom is 0.274 e. The molecule has 0 radical (unpaired) electrons. The van der Waals surface area contributed by atoms with Crippen LogP contribution in [-0.2, 0) is 4.79 Å². The molecule has 3 N–H and O–H groups in total. The number of hydrogen-bond acceptors (Lipinski definition) is 4. The Hall–Kier alpha value is -2.05. The van der Waals surface area contributed by atoms with Gasteiger partial charge in [0, 0.05) is 20.1 Å². The number of likely N-dealkylation sites (tertiary alicyclic amines) is 1. The monoisotopic (exact) mass is 251 g/mol. The summed E-state index contributed by atoms with van der Waals surface area (Å²) in [6.45, 7) is 1.64. The molecule has 0 spiro atoms. The molecule has 0 saturated carbocycles. The standard InChI is InChI=1S/C11H17N5O2/c1-15(7-9(17)16-4-2-3-5-16)11(18)10-8(12)6-13-14-10/h6H,2-5,7,12H2,1H3,(H,13,14). The zero-order valence-corrected chi connectivity index (χ0v) is 10.3. The summed E-state index contributed by atoms with van der Waals surface area (Å²) in [7, 11) is 1.58. The van der Waals surface area contributed by atoms with Crippen molar-refractivity contribution in [2.45, 2.75) is 12.8 Å². The fourth-order valence-corrected chi connectivity index (χ4v) is 2.00. The number of anilines is 1. The Bertz CT molecular complexity index is 450. The summed E-state index contributed by atoms with van der Waals surface area (Å²) in [6, 6.07) is 0. The number of carbonyl (C=O) groups is 2. The van der Waals surface area contributed by atoms with Gasteiger partial charge in [-0.1, -0.05) is 0 Å². The third-order valence-electron chi connectivity index (χ3n) is 3.06. The zero-order valence-electron chi connectivity index (χ0n) is 10.3. The topological polar surface area (TPSA) is 95.3 Å². The molecule has 1 saturated heterocycles. The first kappa shape index (κ1) is 12.4. The average Bonchev–Trinajstić information content (AvgIpc) is 2.98. The summed E-state index contributed by atoms with van der Waals surface area (Å²) in [5.74, 6) is -0.348. The van der Waals surface area contributed by atoms with Crippen LogP contribution in [0, 0.1) is 0 Å². The van der Waals surface area contributed by atoms with Crippen molar-refractivity contribution in [3.8, 4) is 0 Å². The molecule has 1 fully saturated rings. The van der Waals surface area contributed by atoms with E-state index in [2.05, 4.69) is 10.2 Å². The number of carbonyl (C=O) groups excluding carboxylic acids is 2. The third-order valence-corrected chi connectivity index (χ3v) is 3.06. The zero-order chi connectivity index (χ0) is 13.1. The molecule has 2 rings (SSSR count). The van der Waals surface area contributed by atoms with Crippen molar-refractivity contribution in [2.24, 2.45) is 0 Å². The van der Waals surface area contributed by atoms with Gasteiger partial charge < -0.3 is 15.5 Å². The van der Waals surface area contributed by atoms with Crippen LogP contribution >= 0.6 is 0 Å². The van der Waals surface area contributed by atoms with E-state index in [1.807, 2.05) is 0 Å². The van der Waals surface area contributed by atoms with Gasteiger partial charge in [0.05, 0.1) is 18.4 Å². The SMILES string of the molecule is CN(CC(=O)N1CCCC1)C(=O)c1[nH]ncc1N. The predicted octanol–water partition coefficient (Wildman–Crippen LogP) is -0.314.